The highest BCUT2D eigenvalue weighted by atomic mass is 32.2. The molecule has 9 nitrogen and oxygen atoms in total. The quantitative estimate of drug-likeness (QED) is 0.557. The van der Waals surface area contributed by atoms with Crippen molar-refractivity contribution in [2.45, 2.75) is 16.7 Å². The Morgan fingerprint density at radius 1 is 1.00 bits per heavy atom. The molecule has 0 aliphatic carbocycles. The fourth-order valence-electron chi connectivity index (χ4n) is 3.06. The van der Waals surface area contributed by atoms with Crippen LogP contribution in [0.5, 0.6) is 5.75 Å². The number of hydrogen-bond donors (Lipinski definition) is 1. The van der Waals surface area contributed by atoms with E-state index in [-0.39, 0.29) is 28.6 Å². The smallest absolute Gasteiger partial charge is 0.261 e. The number of rotatable bonds is 9. The standard InChI is InChI=1S/C20H26N2O7S2/c1-16-14-18(6-7-20(16)29-13-12-27-2)30(23,24)21-17-4-3-5-19(15-17)31(25,26)22-8-10-28-11-9-22/h3-7,14-15,21H,8-13H2,1-2H3. The van der Waals surface area contributed by atoms with Crippen molar-refractivity contribution in [2.75, 3.05) is 51.3 Å². The second-order valence-corrected chi connectivity index (χ2v) is 10.5. The molecule has 2 aromatic rings. The van der Waals surface area contributed by atoms with Crippen molar-refractivity contribution in [1.82, 2.24) is 4.31 Å². The van der Waals surface area contributed by atoms with Crippen molar-refractivity contribution in [1.29, 1.82) is 0 Å². The normalized spacial score (nSPS) is 15.5. The Bertz CT molecular complexity index is 1110. The van der Waals surface area contributed by atoms with Gasteiger partial charge >= 0.3 is 0 Å². The number of hydrogen-bond acceptors (Lipinski definition) is 7. The van der Waals surface area contributed by atoms with Crippen molar-refractivity contribution < 1.29 is 31.0 Å². The van der Waals surface area contributed by atoms with Gasteiger partial charge in [-0.05, 0) is 48.9 Å². The molecule has 31 heavy (non-hydrogen) atoms. The molecule has 0 atom stereocenters. The van der Waals surface area contributed by atoms with Crippen molar-refractivity contribution >= 4 is 25.7 Å². The molecule has 170 valence electrons. The van der Waals surface area contributed by atoms with Crippen LogP contribution < -0.4 is 9.46 Å². The summed E-state index contributed by atoms with van der Waals surface area (Å²) in [4.78, 5) is 0.0678. The molecular weight excluding hydrogens is 444 g/mol. The Balaban J connectivity index is 1.79. The molecule has 0 radical (unpaired) electrons. The minimum atomic E-state index is -3.92. The monoisotopic (exact) mass is 470 g/mol. The number of benzene rings is 2. The van der Waals surface area contributed by atoms with Gasteiger partial charge in [0.25, 0.3) is 10.0 Å². The molecule has 0 unspecified atom stereocenters. The Kier molecular flexibility index (Phi) is 7.55. The van der Waals surface area contributed by atoms with E-state index in [9.17, 15) is 16.8 Å². The summed E-state index contributed by atoms with van der Waals surface area (Å²) in [5.41, 5.74) is 0.815. The molecule has 0 bridgehead atoms. The lowest BCUT2D eigenvalue weighted by molar-refractivity contribution is 0.0730. The first-order valence-corrected chi connectivity index (χ1v) is 12.6. The maximum Gasteiger partial charge on any atom is 0.261 e. The highest BCUT2D eigenvalue weighted by Crippen LogP contribution is 2.25. The Morgan fingerprint density at radius 2 is 1.74 bits per heavy atom. The van der Waals surface area contributed by atoms with E-state index in [0.717, 1.165) is 0 Å². The lowest BCUT2D eigenvalue weighted by Gasteiger charge is -2.26. The van der Waals surface area contributed by atoms with Gasteiger partial charge in [0.2, 0.25) is 10.0 Å². The van der Waals surface area contributed by atoms with Gasteiger partial charge in [-0.2, -0.15) is 4.31 Å². The van der Waals surface area contributed by atoms with Gasteiger partial charge in [-0.3, -0.25) is 4.72 Å². The van der Waals surface area contributed by atoms with Crippen molar-refractivity contribution in [3.05, 3.63) is 48.0 Å². The third-order valence-electron chi connectivity index (χ3n) is 4.70. The lowest BCUT2D eigenvalue weighted by atomic mass is 10.2. The fraction of sp³-hybridized carbons (Fsp3) is 0.400. The van der Waals surface area contributed by atoms with Crippen LogP contribution in [0.3, 0.4) is 0 Å². The molecule has 0 saturated carbocycles. The zero-order chi connectivity index (χ0) is 22.5. The fourth-order valence-corrected chi connectivity index (χ4v) is 5.64. The van der Waals surface area contributed by atoms with Gasteiger partial charge in [-0.1, -0.05) is 6.07 Å². The molecule has 1 aliphatic heterocycles. The summed E-state index contributed by atoms with van der Waals surface area (Å²) in [7, 11) is -6.09. The third-order valence-corrected chi connectivity index (χ3v) is 7.97. The van der Waals surface area contributed by atoms with Gasteiger partial charge in [-0.25, -0.2) is 16.8 Å². The highest BCUT2D eigenvalue weighted by Gasteiger charge is 2.27. The van der Waals surface area contributed by atoms with Crippen LogP contribution >= 0.6 is 0 Å². The first kappa shape index (κ1) is 23.5. The Hall–Kier alpha value is -2.18. The van der Waals surface area contributed by atoms with E-state index in [2.05, 4.69) is 4.72 Å². The van der Waals surface area contributed by atoms with Gasteiger partial charge in [0, 0.05) is 20.2 Å². The number of anilines is 1. The maximum atomic E-state index is 12.8. The number of nitrogens with zero attached hydrogens (tertiary/aromatic N) is 1. The van der Waals surface area contributed by atoms with E-state index >= 15 is 0 Å². The highest BCUT2D eigenvalue weighted by molar-refractivity contribution is 7.92. The number of morpholine rings is 1. The van der Waals surface area contributed by atoms with Crippen molar-refractivity contribution in [3.63, 3.8) is 0 Å². The van der Waals surface area contributed by atoms with Crippen LogP contribution in [0.15, 0.2) is 52.3 Å². The summed E-state index contributed by atoms with van der Waals surface area (Å²) in [5.74, 6) is 0.564. The van der Waals surface area contributed by atoms with Gasteiger partial charge in [0.05, 0.1) is 35.3 Å². The number of nitrogens with one attached hydrogen (secondary N) is 1. The van der Waals surface area contributed by atoms with Crippen molar-refractivity contribution in [3.8, 4) is 5.75 Å². The molecule has 1 aliphatic rings. The molecule has 3 rings (SSSR count). The van der Waals surface area contributed by atoms with Crippen molar-refractivity contribution in [2.24, 2.45) is 0 Å². The summed E-state index contributed by atoms with van der Waals surface area (Å²) in [5, 5.41) is 0. The number of aryl methyl sites for hydroxylation is 1. The summed E-state index contributed by atoms with van der Waals surface area (Å²) >= 11 is 0. The number of methoxy groups -OCH3 is 1. The minimum absolute atomic E-state index is 0.0210. The van der Waals surface area contributed by atoms with Gasteiger partial charge in [0.1, 0.15) is 12.4 Å². The van der Waals surface area contributed by atoms with Gasteiger partial charge in [0.15, 0.2) is 0 Å². The second-order valence-electron chi connectivity index (χ2n) is 6.92. The van der Waals surface area contributed by atoms with Crippen LogP contribution in [-0.2, 0) is 29.5 Å². The van der Waals surface area contributed by atoms with Crippen LogP contribution in [0.1, 0.15) is 5.56 Å². The first-order chi connectivity index (χ1) is 14.7. The minimum Gasteiger partial charge on any atom is -0.491 e. The summed E-state index contributed by atoms with van der Waals surface area (Å²) in [6, 6.07) is 10.3. The molecule has 2 aromatic carbocycles. The van der Waals surface area contributed by atoms with Gasteiger partial charge < -0.3 is 14.2 Å². The van der Waals surface area contributed by atoms with Gasteiger partial charge in [-0.15, -0.1) is 0 Å². The zero-order valence-corrected chi connectivity index (χ0v) is 19.0. The van der Waals surface area contributed by atoms with Crippen LogP contribution in [-0.4, -0.2) is 67.8 Å². The molecule has 11 heteroatoms. The maximum absolute atomic E-state index is 12.8. The zero-order valence-electron chi connectivity index (χ0n) is 17.4. The molecule has 0 aromatic heterocycles. The van der Waals surface area contributed by atoms with Crippen LogP contribution in [0.2, 0.25) is 0 Å². The van der Waals surface area contributed by atoms with Crippen LogP contribution in [0.25, 0.3) is 0 Å². The molecule has 1 heterocycles. The topological polar surface area (TPSA) is 111 Å². The van der Waals surface area contributed by atoms with E-state index in [0.29, 0.717) is 37.7 Å². The molecule has 1 saturated heterocycles. The van der Waals surface area contributed by atoms with Crippen LogP contribution in [0.4, 0.5) is 5.69 Å². The van der Waals surface area contributed by atoms with E-state index in [1.54, 1.807) is 20.1 Å². The Morgan fingerprint density at radius 3 is 2.42 bits per heavy atom. The number of sulfonamides is 2. The first-order valence-electron chi connectivity index (χ1n) is 9.67. The van der Waals surface area contributed by atoms with E-state index < -0.39 is 20.0 Å². The SMILES string of the molecule is COCCOc1ccc(S(=O)(=O)Nc2cccc(S(=O)(=O)N3CCOCC3)c2)cc1C. The Labute approximate surface area is 183 Å². The molecule has 0 amide bonds. The predicted molar refractivity (Wildman–Crippen MR) is 115 cm³/mol. The second kappa shape index (κ2) is 9.96. The van der Waals surface area contributed by atoms with E-state index in [1.807, 2.05) is 0 Å². The predicted octanol–water partition coefficient (Wildman–Crippen LogP) is 1.84. The number of ether oxygens (including phenoxy) is 3. The molecule has 0 spiro atoms. The average molecular weight is 471 g/mol. The molecule has 1 fully saturated rings. The molecule has 1 N–H and O–H groups in total. The van der Waals surface area contributed by atoms with E-state index in [1.165, 1.54) is 40.7 Å². The average Bonchev–Trinajstić information content (AvgIpc) is 2.75. The van der Waals surface area contributed by atoms with Crippen LogP contribution in [0, 0.1) is 6.92 Å². The van der Waals surface area contributed by atoms with E-state index in [4.69, 9.17) is 14.2 Å². The summed E-state index contributed by atoms with van der Waals surface area (Å²) in [6.07, 6.45) is 0. The third kappa shape index (κ3) is 5.74. The summed E-state index contributed by atoms with van der Waals surface area (Å²) < 4.78 is 70.8. The summed E-state index contributed by atoms with van der Waals surface area (Å²) in [6.45, 7) is 3.70. The largest absolute Gasteiger partial charge is 0.491 e. The molecular formula is C20H26N2O7S2. The lowest BCUT2D eigenvalue weighted by Crippen LogP contribution is -2.40.